The van der Waals surface area contributed by atoms with Gasteiger partial charge in [-0.25, -0.2) is 8.42 Å². The van der Waals surface area contributed by atoms with E-state index in [0.29, 0.717) is 18.0 Å². The Balaban J connectivity index is 2.35. The van der Waals surface area contributed by atoms with Gasteiger partial charge in [-0.15, -0.1) is 0 Å². The number of aromatic nitrogens is 2. The minimum absolute atomic E-state index is 0.333. The normalized spacial score (nSPS) is 12.0. The van der Waals surface area contributed by atoms with Crippen molar-refractivity contribution < 1.29 is 8.42 Å². The van der Waals surface area contributed by atoms with E-state index in [1.165, 1.54) is 4.31 Å². The molecule has 2 aromatic rings. The number of aryl methyl sites for hydroxylation is 3. The van der Waals surface area contributed by atoms with Gasteiger partial charge in [-0.3, -0.25) is 4.68 Å². The third-order valence-corrected chi connectivity index (χ3v) is 5.50. The van der Waals surface area contributed by atoms with Gasteiger partial charge in [0.1, 0.15) is 0 Å². The van der Waals surface area contributed by atoms with Crippen molar-refractivity contribution in [2.45, 2.75) is 32.2 Å². The predicted molar refractivity (Wildman–Crippen MR) is 82.4 cm³/mol. The van der Waals surface area contributed by atoms with Crippen LogP contribution in [0.15, 0.2) is 35.5 Å². The summed E-state index contributed by atoms with van der Waals surface area (Å²) in [5, 5.41) is 4.08. The summed E-state index contributed by atoms with van der Waals surface area (Å²) in [6, 6.07) is 5.41. The topological polar surface area (TPSA) is 55.2 Å². The van der Waals surface area contributed by atoms with E-state index >= 15 is 0 Å². The molecule has 6 heteroatoms. The molecule has 114 valence electrons. The second kappa shape index (κ2) is 5.99. The maximum atomic E-state index is 12.8. The highest BCUT2D eigenvalue weighted by Gasteiger charge is 2.25. The smallest absolute Gasteiger partial charge is 0.243 e. The molecule has 0 aliphatic carbocycles. The number of hydrogen-bond donors (Lipinski definition) is 0. The fourth-order valence-corrected chi connectivity index (χ4v) is 3.99. The summed E-state index contributed by atoms with van der Waals surface area (Å²) >= 11 is 0. The van der Waals surface area contributed by atoms with Gasteiger partial charge in [-0.05, 0) is 25.5 Å². The Labute approximate surface area is 126 Å². The summed E-state index contributed by atoms with van der Waals surface area (Å²) in [6.07, 6.45) is 3.53. The molecule has 0 spiro atoms. The molecule has 0 N–H and O–H groups in total. The first-order chi connectivity index (χ1) is 9.84. The van der Waals surface area contributed by atoms with E-state index in [0.717, 1.165) is 16.7 Å². The number of benzene rings is 1. The van der Waals surface area contributed by atoms with Crippen LogP contribution < -0.4 is 0 Å². The second-order valence-corrected chi connectivity index (χ2v) is 7.13. The Morgan fingerprint density at radius 3 is 2.52 bits per heavy atom. The lowest BCUT2D eigenvalue weighted by molar-refractivity contribution is 0.423. The number of hydrogen-bond acceptors (Lipinski definition) is 3. The van der Waals surface area contributed by atoms with Gasteiger partial charge in [-0.2, -0.15) is 9.40 Å². The standard InChI is InChI=1S/C15H21N3O2S/c1-5-18(11-14-9-16-17(4)10-14)21(19,20)15-7-6-12(2)8-13(15)3/h6-10H,5,11H2,1-4H3. The Bertz CT molecular complexity index is 735. The van der Waals surface area contributed by atoms with Crippen LogP contribution in [-0.4, -0.2) is 29.0 Å². The first-order valence-corrected chi connectivity index (χ1v) is 8.33. The van der Waals surface area contributed by atoms with E-state index in [-0.39, 0.29) is 0 Å². The van der Waals surface area contributed by atoms with Gasteiger partial charge in [0, 0.05) is 31.9 Å². The van der Waals surface area contributed by atoms with Crippen LogP contribution in [0.5, 0.6) is 0 Å². The summed E-state index contributed by atoms with van der Waals surface area (Å²) in [5.74, 6) is 0. The SMILES string of the molecule is CCN(Cc1cnn(C)c1)S(=O)(=O)c1ccc(C)cc1C. The molecule has 1 heterocycles. The number of nitrogens with zero attached hydrogens (tertiary/aromatic N) is 3. The molecule has 0 radical (unpaired) electrons. The zero-order valence-electron chi connectivity index (χ0n) is 12.9. The molecule has 1 aromatic heterocycles. The molecule has 0 unspecified atom stereocenters. The molecule has 21 heavy (non-hydrogen) atoms. The van der Waals surface area contributed by atoms with Crippen molar-refractivity contribution in [1.82, 2.24) is 14.1 Å². The molecule has 0 amide bonds. The summed E-state index contributed by atoms with van der Waals surface area (Å²) in [6.45, 7) is 6.39. The summed E-state index contributed by atoms with van der Waals surface area (Å²) in [7, 11) is -1.67. The van der Waals surface area contributed by atoms with E-state index in [1.54, 1.807) is 16.9 Å². The largest absolute Gasteiger partial charge is 0.275 e. The van der Waals surface area contributed by atoms with Crippen LogP contribution in [0.2, 0.25) is 0 Å². The van der Waals surface area contributed by atoms with Crippen molar-refractivity contribution in [3.63, 3.8) is 0 Å². The van der Waals surface area contributed by atoms with Crippen LogP contribution in [0.25, 0.3) is 0 Å². The lowest BCUT2D eigenvalue weighted by Crippen LogP contribution is -2.30. The average molecular weight is 307 g/mol. The monoisotopic (exact) mass is 307 g/mol. The van der Waals surface area contributed by atoms with Crippen molar-refractivity contribution in [2.24, 2.45) is 7.05 Å². The minimum atomic E-state index is -3.49. The van der Waals surface area contributed by atoms with Crippen molar-refractivity contribution in [3.8, 4) is 0 Å². The highest BCUT2D eigenvalue weighted by atomic mass is 32.2. The molecular weight excluding hydrogens is 286 g/mol. The fourth-order valence-electron chi connectivity index (χ4n) is 2.35. The highest BCUT2D eigenvalue weighted by molar-refractivity contribution is 7.89. The molecule has 0 saturated carbocycles. The maximum Gasteiger partial charge on any atom is 0.243 e. The molecular formula is C15H21N3O2S. The third kappa shape index (κ3) is 3.33. The molecule has 0 bridgehead atoms. The number of rotatable bonds is 5. The Morgan fingerprint density at radius 2 is 2.00 bits per heavy atom. The van der Waals surface area contributed by atoms with Crippen LogP contribution in [0.3, 0.4) is 0 Å². The van der Waals surface area contributed by atoms with E-state index in [2.05, 4.69) is 5.10 Å². The Morgan fingerprint density at radius 1 is 1.29 bits per heavy atom. The van der Waals surface area contributed by atoms with Crippen LogP contribution in [-0.2, 0) is 23.6 Å². The highest BCUT2D eigenvalue weighted by Crippen LogP contribution is 2.22. The van der Waals surface area contributed by atoms with E-state index in [9.17, 15) is 8.42 Å². The minimum Gasteiger partial charge on any atom is -0.275 e. The average Bonchev–Trinajstić information content (AvgIpc) is 2.80. The van der Waals surface area contributed by atoms with Gasteiger partial charge in [0.05, 0.1) is 11.1 Å². The van der Waals surface area contributed by atoms with Crippen LogP contribution in [0, 0.1) is 13.8 Å². The fraction of sp³-hybridized carbons (Fsp3) is 0.400. The van der Waals surface area contributed by atoms with E-state index in [4.69, 9.17) is 0 Å². The third-order valence-electron chi connectivity index (χ3n) is 3.42. The molecule has 0 aliphatic heterocycles. The lowest BCUT2D eigenvalue weighted by atomic mass is 10.2. The molecule has 1 aromatic carbocycles. The Hall–Kier alpha value is -1.66. The van der Waals surface area contributed by atoms with Crippen LogP contribution in [0.4, 0.5) is 0 Å². The zero-order chi connectivity index (χ0) is 15.6. The molecule has 5 nitrogen and oxygen atoms in total. The van der Waals surface area contributed by atoms with Crippen LogP contribution in [0.1, 0.15) is 23.6 Å². The molecule has 0 aliphatic rings. The van der Waals surface area contributed by atoms with Crippen molar-refractivity contribution in [3.05, 3.63) is 47.3 Å². The quantitative estimate of drug-likeness (QED) is 0.851. The van der Waals surface area contributed by atoms with Gasteiger partial charge in [0.2, 0.25) is 10.0 Å². The zero-order valence-corrected chi connectivity index (χ0v) is 13.7. The van der Waals surface area contributed by atoms with Crippen molar-refractivity contribution in [1.29, 1.82) is 0 Å². The Kier molecular flexibility index (Phi) is 4.49. The van der Waals surface area contributed by atoms with E-state index in [1.807, 2.05) is 46.1 Å². The van der Waals surface area contributed by atoms with Gasteiger partial charge in [0.15, 0.2) is 0 Å². The van der Waals surface area contributed by atoms with Crippen LogP contribution >= 0.6 is 0 Å². The van der Waals surface area contributed by atoms with Gasteiger partial charge >= 0.3 is 0 Å². The van der Waals surface area contributed by atoms with Gasteiger partial charge < -0.3 is 0 Å². The molecule has 0 atom stereocenters. The maximum absolute atomic E-state index is 12.8. The second-order valence-electron chi connectivity index (χ2n) is 5.22. The van der Waals surface area contributed by atoms with E-state index < -0.39 is 10.0 Å². The molecule has 2 rings (SSSR count). The number of sulfonamides is 1. The van der Waals surface area contributed by atoms with Gasteiger partial charge in [-0.1, -0.05) is 24.6 Å². The molecule has 0 saturated heterocycles. The first-order valence-electron chi connectivity index (χ1n) is 6.89. The van der Waals surface area contributed by atoms with Gasteiger partial charge in [0.25, 0.3) is 0 Å². The molecule has 0 fully saturated rings. The first kappa shape index (κ1) is 15.7. The van der Waals surface area contributed by atoms with Crippen molar-refractivity contribution in [2.75, 3.05) is 6.54 Å². The predicted octanol–water partition coefficient (Wildman–Crippen LogP) is 2.25. The summed E-state index contributed by atoms with van der Waals surface area (Å²) < 4.78 is 28.8. The summed E-state index contributed by atoms with van der Waals surface area (Å²) in [5.41, 5.74) is 2.72. The summed E-state index contributed by atoms with van der Waals surface area (Å²) in [4.78, 5) is 0.374. The van der Waals surface area contributed by atoms with Crippen molar-refractivity contribution >= 4 is 10.0 Å². The lowest BCUT2D eigenvalue weighted by Gasteiger charge is -2.21.